The second-order valence-corrected chi connectivity index (χ2v) is 10.5. The highest BCUT2D eigenvalue weighted by Crippen LogP contribution is 2.58. The molecule has 2 atom stereocenters. The van der Waals surface area contributed by atoms with Crippen LogP contribution in [0.15, 0.2) is 83.9 Å². The van der Waals surface area contributed by atoms with E-state index in [0.717, 1.165) is 55.3 Å². The lowest BCUT2D eigenvalue weighted by atomic mass is 9.61. The van der Waals surface area contributed by atoms with Crippen LogP contribution in [-0.2, 0) is 17.6 Å². The van der Waals surface area contributed by atoms with Gasteiger partial charge in [0.1, 0.15) is 0 Å². The number of hydrogen-bond donors (Lipinski definition) is 0. The second kappa shape index (κ2) is 6.06. The molecule has 5 aliphatic carbocycles. The molecule has 0 heterocycles. The maximum Gasteiger partial charge on any atom is 0.193 e. The van der Waals surface area contributed by atoms with Crippen LogP contribution >= 0.6 is 0 Å². The van der Waals surface area contributed by atoms with Crippen LogP contribution in [0.5, 0.6) is 0 Å². The van der Waals surface area contributed by atoms with E-state index in [1.807, 2.05) is 60.7 Å². The van der Waals surface area contributed by atoms with E-state index >= 15 is 0 Å². The molecule has 0 aromatic heterocycles. The average molecular weight is 463 g/mol. The molecule has 5 aliphatic rings. The van der Waals surface area contributed by atoms with Crippen molar-refractivity contribution in [2.24, 2.45) is 0 Å². The number of fused-ring (bicyclic) bond motifs is 6. The molecule has 2 unspecified atom stereocenters. The zero-order valence-corrected chi connectivity index (χ0v) is 19.2. The van der Waals surface area contributed by atoms with E-state index in [0.29, 0.717) is 35.1 Å². The van der Waals surface area contributed by atoms with Crippen molar-refractivity contribution in [2.75, 3.05) is 0 Å². The van der Waals surface area contributed by atoms with Gasteiger partial charge in [0.05, 0.1) is 11.8 Å². The van der Waals surface area contributed by atoms with Gasteiger partial charge >= 0.3 is 0 Å². The van der Waals surface area contributed by atoms with Gasteiger partial charge in [0.25, 0.3) is 0 Å². The minimum absolute atomic E-state index is 0.00210. The summed E-state index contributed by atoms with van der Waals surface area (Å²) >= 11 is 0. The van der Waals surface area contributed by atoms with E-state index in [1.165, 1.54) is 0 Å². The Balaban J connectivity index is 1.40. The third kappa shape index (κ3) is 1.95. The molecule has 0 spiro atoms. The summed E-state index contributed by atoms with van der Waals surface area (Å²) in [5, 5.41) is 1.95. The summed E-state index contributed by atoms with van der Waals surface area (Å²) in [6, 6.07) is 23.8. The Hall–Kier alpha value is -4.37. The van der Waals surface area contributed by atoms with Crippen LogP contribution < -0.4 is 0 Å². The molecule has 0 amide bonds. The quantitative estimate of drug-likeness (QED) is 0.322. The van der Waals surface area contributed by atoms with Gasteiger partial charge in [0.15, 0.2) is 17.3 Å². The van der Waals surface area contributed by atoms with E-state index in [4.69, 9.17) is 0 Å². The van der Waals surface area contributed by atoms with Crippen molar-refractivity contribution in [1.82, 2.24) is 0 Å². The fourth-order valence-corrected chi connectivity index (χ4v) is 7.68. The van der Waals surface area contributed by atoms with Crippen molar-refractivity contribution in [1.29, 1.82) is 0 Å². The first-order valence-corrected chi connectivity index (χ1v) is 12.5. The Morgan fingerprint density at radius 1 is 0.528 bits per heavy atom. The zero-order valence-electron chi connectivity index (χ0n) is 19.2. The van der Waals surface area contributed by atoms with Gasteiger partial charge in [-0.25, -0.2) is 0 Å². The van der Waals surface area contributed by atoms with Gasteiger partial charge in [-0.1, -0.05) is 72.8 Å². The molecular weight excluding hydrogens is 444 g/mol. The number of ketones is 3. The van der Waals surface area contributed by atoms with Crippen molar-refractivity contribution in [3.63, 3.8) is 0 Å². The first kappa shape index (κ1) is 18.9. The van der Waals surface area contributed by atoms with Gasteiger partial charge in [0.2, 0.25) is 0 Å². The Morgan fingerprint density at radius 3 is 1.50 bits per heavy atom. The van der Waals surface area contributed by atoms with E-state index in [-0.39, 0.29) is 17.3 Å². The van der Waals surface area contributed by atoms with Gasteiger partial charge < -0.3 is 0 Å². The molecule has 0 fully saturated rings. The summed E-state index contributed by atoms with van der Waals surface area (Å²) in [7, 11) is 0. The topological polar surface area (TPSA) is 51.2 Å². The Bertz CT molecular complexity index is 1770. The van der Waals surface area contributed by atoms with Crippen molar-refractivity contribution in [3.8, 4) is 0 Å². The first-order chi connectivity index (χ1) is 17.6. The minimum Gasteiger partial charge on any atom is -0.298 e. The van der Waals surface area contributed by atoms with Gasteiger partial charge in [0, 0.05) is 22.3 Å². The van der Waals surface area contributed by atoms with Crippen LogP contribution in [-0.4, -0.2) is 17.3 Å². The zero-order chi connectivity index (χ0) is 23.9. The smallest absolute Gasteiger partial charge is 0.193 e. The van der Waals surface area contributed by atoms with Crippen molar-refractivity contribution < 1.29 is 14.4 Å². The SMILES string of the molecule is O=C1C2=C(Cc3ccccc32)C2C(=O)C3C4=C(C(=O)c5ccc6ccc1c2c6c53)c1ccccc1C4. The monoisotopic (exact) mass is 462 g/mol. The van der Waals surface area contributed by atoms with Gasteiger partial charge in [-0.15, -0.1) is 0 Å². The molecule has 9 rings (SSSR count). The fourth-order valence-electron chi connectivity index (χ4n) is 7.68. The van der Waals surface area contributed by atoms with Gasteiger partial charge in [-0.05, 0) is 68.1 Å². The van der Waals surface area contributed by atoms with Crippen LogP contribution in [0, 0.1) is 0 Å². The Labute approximate surface area is 206 Å². The van der Waals surface area contributed by atoms with E-state index in [2.05, 4.69) is 12.1 Å². The Morgan fingerprint density at radius 2 is 1.00 bits per heavy atom. The van der Waals surface area contributed by atoms with Crippen molar-refractivity contribution >= 4 is 39.3 Å². The molecule has 0 saturated carbocycles. The molecule has 0 N–H and O–H groups in total. The highest BCUT2D eigenvalue weighted by atomic mass is 16.1. The largest absolute Gasteiger partial charge is 0.298 e. The second-order valence-electron chi connectivity index (χ2n) is 10.5. The van der Waals surface area contributed by atoms with Gasteiger partial charge in [-0.3, -0.25) is 14.4 Å². The predicted molar refractivity (Wildman–Crippen MR) is 137 cm³/mol. The lowest BCUT2D eigenvalue weighted by Gasteiger charge is -2.39. The molecule has 0 bridgehead atoms. The molecule has 168 valence electrons. The highest BCUT2D eigenvalue weighted by Gasteiger charge is 2.52. The lowest BCUT2D eigenvalue weighted by molar-refractivity contribution is -0.120. The predicted octanol–water partition coefficient (Wildman–Crippen LogP) is 6.00. The number of carbonyl (C=O) groups excluding carboxylic acids is 3. The third-order valence-electron chi connectivity index (χ3n) is 9.03. The summed E-state index contributed by atoms with van der Waals surface area (Å²) in [5.41, 5.74) is 10.3. The number of allylic oxidation sites excluding steroid dienone is 4. The van der Waals surface area contributed by atoms with Crippen LogP contribution in [0.1, 0.15) is 65.9 Å². The van der Waals surface area contributed by atoms with Crippen molar-refractivity contribution in [3.05, 3.63) is 128 Å². The summed E-state index contributed by atoms with van der Waals surface area (Å²) in [4.78, 5) is 42.5. The molecule has 0 saturated heterocycles. The minimum atomic E-state index is -0.456. The number of benzene rings is 4. The molecule has 4 aromatic carbocycles. The maximum atomic E-state index is 14.7. The maximum absolute atomic E-state index is 14.7. The van der Waals surface area contributed by atoms with Crippen LogP contribution in [0.4, 0.5) is 0 Å². The molecule has 0 radical (unpaired) electrons. The van der Waals surface area contributed by atoms with E-state index < -0.39 is 11.8 Å². The number of carbonyl (C=O) groups is 3. The number of Topliss-reactive ketones (excluding diaryl/α,β-unsaturated/α-hetero) is 3. The molecular formula is C33H18O3. The number of hydrogen-bond acceptors (Lipinski definition) is 3. The summed E-state index contributed by atoms with van der Waals surface area (Å²) in [6.07, 6.45) is 1.24. The van der Waals surface area contributed by atoms with E-state index in [9.17, 15) is 14.4 Å². The molecule has 3 heteroatoms. The van der Waals surface area contributed by atoms with E-state index in [1.54, 1.807) is 0 Å². The molecule has 0 aliphatic heterocycles. The normalized spacial score (nSPS) is 22.2. The third-order valence-corrected chi connectivity index (χ3v) is 9.03. The van der Waals surface area contributed by atoms with Crippen molar-refractivity contribution in [2.45, 2.75) is 24.7 Å². The summed E-state index contributed by atoms with van der Waals surface area (Å²) in [5.74, 6) is -0.793. The van der Waals surface area contributed by atoms with Crippen LogP contribution in [0.3, 0.4) is 0 Å². The molecule has 4 aromatic rings. The standard InChI is InChI=1S/C33H18O3/c34-31-20-11-9-15-10-12-21-28-24(15)27(20)29(22-13-16-5-1-3-7-18(16)25(22)31)33(36)30(28)23-14-17-6-2-4-8-19(17)26(23)32(21)35/h1-12,29-30H,13-14H2. The molecule has 36 heavy (non-hydrogen) atoms. The van der Waals surface area contributed by atoms with Gasteiger partial charge in [-0.2, -0.15) is 0 Å². The first-order valence-electron chi connectivity index (χ1n) is 12.5. The summed E-state index contributed by atoms with van der Waals surface area (Å²) < 4.78 is 0. The molecule has 3 nitrogen and oxygen atoms in total. The van der Waals surface area contributed by atoms with Crippen LogP contribution in [0.25, 0.3) is 21.9 Å². The lowest BCUT2D eigenvalue weighted by Crippen LogP contribution is -2.35. The fraction of sp³-hybridized carbons (Fsp3) is 0.121. The Kier molecular flexibility index (Phi) is 3.18. The average Bonchev–Trinajstić information content (AvgIpc) is 3.47. The number of rotatable bonds is 0. The van der Waals surface area contributed by atoms with Crippen LogP contribution in [0.2, 0.25) is 0 Å². The summed E-state index contributed by atoms with van der Waals surface area (Å²) in [6.45, 7) is 0. The highest BCUT2D eigenvalue weighted by molar-refractivity contribution is 6.38.